The van der Waals surface area contributed by atoms with Crippen LogP contribution in [-0.4, -0.2) is 33.8 Å². The molecule has 88 valence electrons. The van der Waals surface area contributed by atoms with E-state index in [-0.39, 0.29) is 12.2 Å². The topological polar surface area (TPSA) is 40.5 Å². The van der Waals surface area contributed by atoms with Crippen LogP contribution >= 0.6 is 0 Å². The van der Waals surface area contributed by atoms with E-state index in [4.69, 9.17) is 10.2 Å². The van der Waals surface area contributed by atoms with Crippen LogP contribution in [0.2, 0.25) is 0 Å². The summed E-state index contributed by atoms with van der Waals surface area (Å²) in [5.41, 5.74) is -7.26. The second-order valence-electron chi connectivity index (χ2n) is 3.35. The molecule has 2 atom stereocenters. The third-order valence-electron chi connectivity index (χ3n) is 2.16. The maximum Gasteiger partial charge on any atom is 0.420 e. The van der Waals surface area contributed by atoms with Gasteiger partial charge in [-0.25, -0.2) is 0 Å². The Morgan fingerprint density at radius 2 is 1.07 bits per heavy atom. The molecule has 2 unspecified atom stereocenters. The van der Waals surface area contributed by atoms with Gasteiger partial charge in [-0.1, -0.05) is 0 Å². The Hall–Kier alpha value is -0.760. The summed E-state index contributed by atoms with van der Waals surface area (Å²) in [7, 11) is 0. The van der Waals surface area contributed by atoms with Crippen LogP contribution in [0.3, 0.4) is 0 Å². The molecule has 2 nitrogen and oxygen atoms in total. The van der Waals surface area contributed by atoms with E-state index in [9.17, 15) is 26.3 Å². The van der Waals surface area contributed by atoms with Crippen LogP contribution in [0.25, 0.3) is 0 Å². The summed E-state index contributed by atoms with van der Waals surface area (Å²) in [6.07, 6.45) is -12.5. The van der Waals surface area contributed by atoms with Crippen molar-refractivity contribution in [2.24, 2.45) is 0 Å². The Bertz CT molecular complexity index is 265. The second kappa shape index (κ2) is 2.88. The minimum Gasteiger partial charge on any atom is -0.377 e. The number of halogens is 6. The van der Waals surface area contributed by atoms with E-state index in [1.54, 1.807) is 0 Å². The van der Waals surface area contributed by atoms with E-state index in [1.807, 2.05) is 0 Å². The van der Waals surface area contributed by atoms with Crippen LogP contribution in [0, 0.1) is 0 Å². The van der Waals surface area contributed by atoms with Crippen LogP contribution in [0.1, 0.15) is 6.42 Å². The minimum atomic E-state index is -5.25. The van der Waals surface area contributed by atoms with Crippen molar-refractivity contribution >= 4 is 0 Å². The van der Waals surface area contributed by atoms with Gasteiger partial charge in [0.05, 0.1) is 0 Å². The molecule has 0 amide bonds. The predicted octanol–water partition coefficient (Wildman–Crippen LogP) is 1.53. The average molecular weight is 236 g/mol. The SMILES string of the molecule is OC1(C(F)(F)F)C=CC(O)(C(F)(F)F)C1. The van der Waals surface area contributed by atoms with Crippen molar-refractivity contribution in [2.45, 2.75) is 30.0 Å². The number of hydrogen-bond acceptors (Lipinski definition) is 2. The largest absolute Gasteiger partial charge is 0.420 e. The summed E-state index contributed by atoms with van der Waals surface area (Å²) in [5.74, 6) is 0. The molecule has 0 bridgehead atoms. The van der Waals surface area contributed by atoms with Gasteiger partial charge in [0.1, 0.15) is 0 Å². The lowest BCUT2D eigenvalue weighted by atomic mass is 9.94. The first-order valence-corrected chi connectivity index (χ1v) is 3.70. The van der Waals surface area contributed by atoms with Gasteiger partial charge in [0.2, 0.25) is 0 Å². The molecule has 0 fully saturated rings. The summed E-state index contributed by atoms with van der Waals surface area (Å²) in [5, 5.41) is 17.7. The number of alkyl halides is 6. The molecular formula is C7H6F6O2. The molecule has 0 spiro atoms. The predicted molar refractivity (Wildman–Crippen MR) is 35.8 cm³/mol. The molecule has 15 heavy (non-hydrogen) atoms. The van der Waals surface area contributed by atoms with Crippen molar-refractivity contribution in [2.75, 3.05) is 0 Å². The van der Waals surface area contributed by atoms with E-state index in [2.05, 4.69) is 0 Å². The Kier molecular flexibility index (Phi) is 2.36. The normalized spacial score (nSPS) is 37.3. The second-order valence-corrected chi connectivity index (χ2v) is 3.35. The Balaban J connectivity index is 3.00. The van der Waals surface area contributed by atoms with E-state index in [1.165, 1.54) is 0 Å². The molecule has 0 aromatic carbocycles. The zero-order chi connectivity index (χ0) is 12.1. The summed E-state index contributed by atoms with van der Waals surface area (Å²) in [6.45, 7) is 0. The highest BCUT2D eigenvalue weighted by atomic mass is 19.4. The smallest absolute Gasteiger partial charge is 0.377 e. The maximum atomic E-state index is 12.1. The molecule has 0 aliphatic heterocycles. The molecule has 1 aliphatic rings. The van der Waals surface area contributed by atoms with Gasteiger partial charge in [-0.2, -0.15) is 26.3 Å². The molecular weight excluding hydrogens is 230 g/mol. The molecule has 1 aliphatic carbocycles. The maximum absolute atomic E-state index is 12.1. The van der Waals surface area contributed by atoms with Crippen LogP contribution in [0.15, 0.2) is 12.2 Å². The molecule has 0 saturated carbocycles. The van der Waals surface area contributed by atoms with E-state index in [0.29, 0.717) is 0 Å². The lowest BCUT2D eigenvalue weighted by molar-refractivity contribution is -0.281. The standard InChI is InChI=1S/C7H6F6O2/c8-6(9,10)4(14)1-2-5(15,3-4)7(11,12)13/h1-2,14-15H,3H2. The Morgan fingerprint density at radius 1 is 0.800 bits per heavy atom. The molecule has 1 rings (SSSR count). The highest BCUT2D eigenvalue weighted by molar-refractivity contribution is 5.24. The Morgan fingerprint density at radius 3 is 1.20 bits per heavy atom. The number of aliphatic hydroxyl groups is 2. The lowest BCUT2D eigenvalue weighted by Crippen LogP contribution is -2.50. The van der Waals surface area contributed by atoms with Gasteiger partial charge in [-0.15, -0.1) is 0 Å². The van der Waals surface area contributed by atoms with E-state index < -0.39 is 30.0 Å². The average Bonchev–Trinajstić information content (AvgIpc) is 2.26. The summed E-state index contributed by atoms with van der Waals surface area (Å²) < 4.78 is 72.6. The van der Waals surface area contributed by atoms with Gasteiger partial charge < -0.3 is 10.2 Å². The minimum absolute atomic E-state index is 0.0828. The van der Waals surface area contributed by atoms with Gasteiger partial charge in [-0.05, 0) is 12.2 Å². The zero-order valence-electron chi connectivity index (χ0n) is 7.02. The van der Waals surface area contributed by atoms with Gasteiger partial charge in [-0.3, -0.25) is 0 Å². The van der Waals surface area contributed by atoms with E-state index in [0.717, 1.165) is 0 Å². The molecule has 0 radical (unpaired) electrons. The van der Waals surface area contributed by atoms with E-state index >= 15 is 0 Å². The fourth-order valence-corrected chi connectivity index (χ4v) is 1.19. The first-order chi connectivity index (χ1) is 6.41. The van der Waals surface area contributed by atoms with Crippen molar-refractivity contribution in [3.8, 4) is 0 Å². The third-order valence-corrected chi connectivity index (χ3v) is 2.16. The van der Waals surface area contributed by atoms with Crippen LogP contribution < -0.4 is 0 Å². The quantitative estimate of drug-likeness (QED) is 0.494. The highest BCUT2D eigenvalue weighted by Crippen LogP contribution is 2.48. The highest BCUT2D eigenvalue weighted by Gasteiger charge is 2.65. The molecule has 0 aromatic rings. The third kappa shape index (κ3) is 1.83. The first-order valence-electron chi connectivity index (χ1n) is 3.70. The summed E-state index contributed by atoms with van der Waals surface area (Å²) >= 11 is 0. The van der Waals surface area contributed by atoms with Gasteiger partial charge in [0.25, 0.3) is 0 Å². The molecule has 0 saturated heterocycles. The van der Waals surface area contributed by atoms with Crippen molar-refractivity contribution < 1.29 is 36.6 Å². The van der Waals surface area contributed by atoms with Crippen LogP contribution in [-0.2, 0) is 0 Å². The van der Waals surface area contributed by atoms with Crippen molar-refractivity contribution in [3.63, 3.8) is 0 Å². The zero-order valence-corrected chi connectivity index (χ0v) is 7.02. The fourth-order valence-electron chi connectivity index (χ4n) is 1.19. The van der Waals surface area contributed by atoms with Crippen LogP contribution in [0.5, 0.6) is 0 Å². The summed E-state index contributed by atoms with van der Waals surface area (Å²) in [4.78, 5) is 0. The number of hydrogen-bond donors (Lipinski definition) is 2. The molecule has 0 heterocycles. The Labute approximate surface area is 79.8 Å². The van der Waals surface area contributed by atoms with Gasteiger partial charge in [0, 0.05) is 6.42 Å². The van der Waals surface area contributed by atoms with Crippen LogP contribution in [0.4, 0.5) is 26.3 Å². The molecule has 0 aromatic heterocycles. The number of rotatable bonds is 0. The molecule has 2 N–H and O–H groups in total. The van der Waals surface area contributed by atoms with Gasteiger partial charge in [0.15, 0.2) is 11.2 Å². The van der Waals surface area contributed by atoms with Crippen molar-refractivity contribution in [1.82, 2.24) is 0 Å². The lowest BCUT2D eigenvalue weighted by Gasteiger charge is -2.30. The molecule has 8 heteroatoms. The van der Waals surface area contributed by atoms with Gasteiger partial charge >= 0.3 is 12.4 Å². The fraction of sp³-hybridized carbons (Fsp3) is 0.714. The van der Waals surface area contributed by atoms with Crippen molar-refractivity contribution in [3.05, 3.63) is 12.2 Å². The van der Waals surface area contributed by atoms with Crippen molar-refractivity contribution in [1.29, 1.82) is 0 Å². The first kappa shape index (κ1) is 12.3. The monoisotopic (exact) mass is 236 g/mol. The summed E-state index contributed by atoms with van der Waals surface area (Å²) in [6, 6.07) is 0.